The molecule has 1 aromatic heterocycles. The Balaban J connectivity index is 1.61. The Labute approximate surface area is 167 Å². The van der Waals surface area contributed by atoms with E-state index >= 15 is 0 Å². The maximum atomic E-state index is 13.0. The van der Waals surface area contributed by atoms with Crippen molar-refractivity contribution in [3.8, 4) is 0 Å². The third-order valence-electron chi connectivity index (χ3n) is 4.57. The van der Waals surface area contributed by atoms with E-state index in [-0.39, 0.29) is 17.3 Å². The fraction of sp³-hybridized carbons (Fsp3) is 0.158. The van der Waals surface area contributed by atoms with Crippen LogP contribution in [0.1, 0.15) is 32.6 Å². The Morgan fingerprint density at radius 3 is 2.75 bits per heavy atom. The Morgan fingerprint density at radius 1 is 1.21 bits per heavy atom. The number of aryl methyl sites for hydroxylation is 1. The lowest BCUT2D eigenvalue weighted by Crippen LogP contribution is -2.23. The molecule has 0 spiro atoms. The first-order chi connectivity index (χ1) is 13.4. The average Bonchev–Trinajstić information content (AvgIpc) is 3.25. The molecule has 1 unspecified atom stereocenters. The molecule has 144 valence electrons. The monoisotopic (exact) mass is 416 g/mol. The summed E-state index contributed by atoms with van der Waals surface area (Å²) in [7, 11) is -3.66. The zero-order valence-corrected chi connectivity index (χ0v) is 16.4. The summed E-state index contributed by atoms with van der Waals surface area (Å²) in [5.41, 5.74) is 2.30. The van der Waals surface area contributed by atoms with Crippen LogP contribution in [0.3, 0.4) is 0 Å². The van der Waals surface area contributed by atoms with E-state index in [0.29, 0.717) is 27.7 Å². The largest absolute Gasteiger partial charge is 0.305 e. The van der Waals surface area contributed by atoms with Gasteiger partial charge in [0.2, 0.25) is 0 Å². The van der Waals surface area contributed by atoms with Gasteiger partial charge in [-0.25, -0.2) is 8.42 Å². The van der Waals surface area contributed by atoms with E-state index in [4.69, 9.17) is 11.6 Å². The van der Waals surface area contributed by atoms with Crippen LogP contribution in [0.25, 0.3) is 0 Å². The lowest BCUT2D eigenvalue weighted by molar-refractivity contribution is 0.102. The predicted octanol–water partition coefficient (Wildman–Crippen LogP) is 3.20. The molecule has 3 N–H and O–H groups in total. The third kappa shape index (κ3) is 3.30. The summed E-state index contributed by atoms with van der Waals surface area (Å²) in [4.78, 5) is 12.7. The highest BCUT2D eigenvalue weighted by atomic mass is 35.5. The first-order valence-electron chi connectivity index (χ1n) is 8.54. The molecule has 2 aromatic carbocycles. The molecular weight excluding hydrogens is 400 g/mol. The molecule has 0 radical (unpaired) electrons. The van der Waals surface area contributed by atoms with Crippen LogP contribution in [0.2, 0.25) is 5.02 Å². The van der Waals surface area contributed by atoms with Crippen LogP contribution < -0.4 is 10.6 Å². The number of carbonyl (C=O) groups excluding carboxylic acids is 1. The summed E-state index contributed by atoms with van der Waals surface area (Å²) < 4.78 is 26.1. The number of nitrogens with zero attached hydrogens (tertiary/aromatic N) is 1. The van der Waals surface area contributed by atoms with E-state index in [1.165, 1.54) is 0 Å². The smallest absolute Gasteiger partial charge is 0.256 e. The zero-order valence-electron chi connectivity index (χ0n) is 14.9. The van der Waals surface area contributed by atoms with Crippen molar-refractivity contribution in [2.45, 2.75) is 23.7 Å². The van der Waals surface area contributed by atoms with Crippen LogP contribution in [0, 0.1) is 6.92 Å². The van der Waals surface area contributed by atoms with Gasteiger partial charge in [0.1, 0.15) is 0 Å². The second-order valence-corrected chi connectivity index (χ2v) is 9.02. The van der Waals surface area contributed by atoms with Crippen LogP contribution >= 0.6 is 11.6 Å². The first kappa shape index (κ1) is 18.7. The number of hydrogen-bond donors (Lipinski definition) is 3. The van der Waals surface area contributed by atoms with E-state index in [2.05, 4.69) is 20.8 Å². The molecular formula is C19H17ClN4O3S. The maximum Gasteiger partial charge on any atom is 0.256 e. The molecule has 2 heterocycles. The molecule has 28 heavy (non-hydrogen) atoms. The topological polar surface area (TPSA) is 104 Å². The third-order valence-corrected chi connectivity index (χ3v) is 6.74. The second kappa shape index (κ2) is 7.05. The van der Waals surface area contributed by atoms with Crippen LogP contribution in [-0.2, 0) is 16.4 Å². The standard InChI is InChI=1S/C19H17ClN4O3S/c1-11-4-2-7-14(8-11)28(26,27)19-16-15(10-21-19)17(24-23-16)22-18(25)12-5-3-6-13(20)9-12/h2-9,19,21H,10H2,1H3,(H2,22,23,24,25). The van der Waals surface area contributed by atoms with Gasteiger partial charge in [0.25, 0.3) is 5.91 Å². The molecule has 4 rings (SSSR count). The predicted molar refractivity (Wildman–Crippen MR) is 106 cm³/mol. The van der Waals surface area contributed by atoms with Crippen molar-refractivity contribution in [2.75, 3.05) is 5.32 Å². The van der Waals surface area contributed by atoms with Gasteiger partial charge >= 0.3 is 0 Å². The van der Waals surface area contributed by atoms with Crippen molar-refractivity contribution in [1.29, 1.82) is 0 Å². The van der Waals surface area contributed by atoms with Crippen LogP contribution in [0.5, 0.6) is 0 Å². The van der Waals surface area contributed by atoms with E-state index in [1.807, 2.05) is 13.0 Å². The van der Waals surface area contributed by atoms with Crippen molar-refractivity contribution in [3.05, 3.63) is 75.9 Å². The minimum Gasteiger partial charge on any atom is -0.305 e. The number of amides is 1. The summed E-state index contributed by atoms with van der Waals surface area (Å²) in [5.74, 6) is -0.0730. The van der Waals surface area contributed by atoms with Gasteiger partial charge in [-0.05, 0) is 42.8 Å². The number of nitrogens with one attached hydrogen (secondary N) is 3. The number of aromatic nitrogens is 2. The van der Waals surface area contributed by atoms with Crippen molar-refractivity contribution in [2.24, 2.45) is 0 Å². The lowest BCUT2D eigenvalue weighted by Gasteiger charge is -2.12. The Bertz CT molecular complexity index is 1170. The SMILES string of the molecule is Cc1cccc(S(=O)(=O)C2NCc3c(NC(=O)c4cccc(Cl)c4)n[nH]c32)c1. The number of anilines is 1. The molecule has 9 heteroatoms. The number of halogens is 1. The first-order valence-corrected chi connectivity index (χ1v) is 10.5. The number of fused-ring (bicyclic) bond motifs is 1. The minimum atomic E-state index is -3.66. The van der Waals surface area contributed by atoms with Crippen molar-refractivity contribution in [1.82, 2.24) is 15.5 Å². The van der Waals surface area contributed by atoms with Crippen LogP contribution in [-0.4, -0.2) is 24.5 Å². The van der Waals surface area contributed by atoms with Crippen molar-refractivity contribution in [3.63, 3.8) is 0 Å². The van der Waals surface area contributed by atoms with E-state index < -0.39 is 15.2 Å². The van der Waals surface area contributed by atoms with Gasteiger partial charge in [0, 0.05) is 22.7 Å². The maximum absolute atomic E-state index is 13.0. The Kier molecular flexibility index (Phi) is 4.70. The number of sulfone groups is 1. The summed E-state index contributed by atoms with van der Waals surface area (Å²) in [6.45, 7) is 2.11. The van der Waals surface area contributed by atoms with Crippen LogP contribution in [0.15, 0.2) is 53.4 Å². The lowest BCUT2D eigenvalue weighted by atomic mass is 10.2. The number of rotatable bonds is 4. The molecule has 3 aromatic rings. The van der Waals surface area contributed by atoms with Gasteiger partial charge in [-0.3, -0.25) is 15.2 Å². The second-order valence-electron chi connectivity index (χ2n) is 6.55. The quantitative estimate of drug-likeness (QED) is 0.605. The number of carbonyl (C=O) groups is 1. The van der Waals surface area contributed by atoms with Crippen LogP contribution in [0.4, 0.5) is 5.82 Å². The molecule has 0 saturated carbocycles. The fourth-order valence-electron chi connectivity index (χ4n) is 3.18. The minimum absolute atomic E-state index is 0.233. The highest BCUT2D eigenvalue weighted by Crippen LogP contribution is 2.35. The zero-order chi connectivity index (χ0) is 19.9. The van der Waals surface area contributed by atoms with Gasteiger partial charge in [0.05, 0.1) is 10.6 Å². The molecule has 1 amide bonds. The summed E-state index contributed by atoms with van der Waals surface area (Å²) in [6.07, 6.45) is 0. The van der Waals surface area contributed by atoms with Gasteiger partial charge in [-0.1, -0.05) is 29.8 Å². The normalized spacial score (nSPS) is 16.0. The number of aromatic amines is 1. The molecule has 1 atom stereocenters. The van der Waals surface area contributed by atoms with Gasteiger partial charge in [-0.2, -0.15) is 5.10 Å². The summed E-state index contributed by atoms with van der Waals surface area (Å²) >= 11 is 5.92. The van der Waals surface area contributed by atoms with E-state index in [9.17, 15) is 13.2 Å². The highest BCUT2D eigenvalue weighted by Gasteiger charge is 2.38. The molecule has 0 saturated heterocycles. The number of H-pyrrole nitrogens is 1. The van der Waals surface area contributed by atoms with Gasteiger partial charge < -0.3 is 5.32 Å². The van der Waals surface area contributed by atoms with E-state index in [0.717, 1.165) is 5.56 Å². The van der Waals surface area contributed by atoms with Gasteiger partial charge in [0.15, 0.2) is 21.0 Å². The summed E-state index contributed by atoms with van der Waals surface area (Å²) in [5, 5.41) is 12.1. The summed E-state index contributed by atoms with van der Waals surface area (Å²) in [6, 6.07) is 13.3. The molecule has 0 bridgehead atoms. The van der Waals surface area contributed by atoms with Crippen molar-refractivity contribution < 1.29 is 13.2 Å². The molecule has 0 aliphatic carbocycles. The number of hydrogen-bond acceptors (Lipinski definition) is 5. The Hall–Kier alpha value is -2.68. The molecule has 1 aliphatic rings. The fourth-order valence-corrected chi connectivity index (χ4v) is 5.07. The van der Waals surface area contributed by atoms with E-state index in [1.54, 1.807) is 42.5 Å². The Morgan fingerprint density at radius 2 is 2.00 bits per heavy atom. The highest BCUT2D eigenvalue weighted by molar-refractivity contribution is 7.91. The molecule has 0 fully saturated rings. The van der Waals surface area contributed by atoms with Gasteiger partial charge in [-0.15, -0.1) is 0 Å². The molecule has 1 aliphatic heterocycles. The number of benzene rings is 2. The van der Waals surface area contributed by atoms with Crippen molar-refractivity contribution >= 4 is 33.2 Å². The molecule has 7 nitrogen and oxygen atoms in total. The average molecular weight is 417 g/mol.